The molecule has 0 aliphatic carbocycles. The van der Waals surface area contributed by atoms with Gasteiger partial charge in [0.15, 0.2) is 11.5 Å². The SMILES string of the molecule is C/C=C\C=C/n1c(C(C)NC(=O)c2c(N)nn3cccnc23)cc2cccc(C#CC(C)(C)C)c2c1=O. The quantitative estimate of drug-likeness (QED) is 0.312. The van der Waals surface area contributed by atoms with E-state index in [-0.39, 0.29) is 22.4 Å². The maximum Gasteiger partial charge on any atom is 0.264 e. The van der Waals surface area contributed by atoms with Crippen molar-refractivity contribution in [2.75, 3.05) is 5.73 Å². The average Bonchev–Trinajstić information content (AvgIpc) is 3.19. The molecule has 188 valence electrons. The van der Waals surface area contributed by atoms with Gasteiger partial charge < -0.3 is 11.1 Å². The van der Waals surface area contributed by atoms with Crippen LogP contribution < -0.4 is 16.6 Å². The molecule has 0 saturated heterocycles. The number of nitrogen functional groups attached to an aromatic ring is 1. The van der Waals surface area contributed by atoms with Gasteiger partial charge in [0, 0.05) is 35.3 Å². The molecule has 0 aliphatic rings. The fourth-order valence-corrected chi connectivity index (χ4v) is 3.95. The van der Waals surface area contributed by atoms with Crippen molar-refractivity contribution in [2.24, 2.45) is 5.41 Å². The molecule has 37 heavy (non-hydrogen) atoms. The molecule has 1 aromatic carbocycles. The van der Waals surface area contributed by atoms with Crippen molar-refractivity contribution < 1.29 is 4.79 Å². The maximum absolute atomic E-state index is 13.8. The van der Waals surface area contributed by atoms with E-state index in [0.29, 0.717) is 22.3 Å². The molecular weight excluding hydrogens is 464 g/mol. The highest BCUT2D eigenvalue weighted by atomic mass is 16.2. The lowest BCUT2D eigenvalue weighted by atomic mass is 9.96. The number of hydrogen-bond donors (Lipinski definition) is 2. The van der Waals surface area contributed by atoms with Crippen molar-refractivity contribution in [1.82, 2.24) is 24.5 Å². The van der Waals surface area contributed by atoms with Gasteiger partial charge >= 0.3 is 0 Å². The number of aromatic nitrogens is 4. The number of amides is 1. The van der Waals surface area contributed by atoms with E-state index >= 15 is 0 Å². The first-order valence-electron chi connectivity index (χ1n) is 12.0. The lowest BCUT2D eigenvalue weighted by Gasteiger charge is -2.19. The second kappa shape index (κ2) is 10.2. The number of nitrogens with one attached hydrogen (secondary N) is 1. The number of anilines is 1. The summed E-state index contributed by atoms with van der Waals surface area (Å²) in [4.78, 5) is 31.3. The highest BCUT2D eigenvalue weighted by Crippen LogP contribution is 2.23. The molecule has 0 aliphatic heterocycles. The fraction of sp³-hybridized carbons (Fsp3) is 0.241. The first-order chi connectivity index (χ1) is 17.6. The number of fused-ring (bicyclic) bond motifs is 2. The molecule has 0 spiro atoms. The van der Waals surface area contributed by atoms with E-state index < -0.39 is 11.9 Å². The van der Waals surface area contributed by atoms with Crippen LogP contribution in [0.25, 0.3) is 22.6 Å². The van der Waals surface area contributed by atoms with Gasteiger partial charge in [-0.1, -0.05) is 36.1 Å². The molecule has 1 atom stereocenters. The number of benzene rings is 1. The third-order valence-corrected chi connectivity index (χ3v) is 5.66. The normalized spacial score (nSPS) is 12.8. The monoisotopic (exact) mass is 494 g/mol. The summed E-state index contributed by atoms with van der Waals surface area (Å²) in [5.74, 6) is 6.05. The fourth-order valence-electron chi connectivity index (χ4n) is 3.95. The molecule has 0 radical (unpaired) electrons. The standard InChI is InChI=1S/C29H30N6O2/c1-6-7-8-16-34-22(18-21-12-9-11-20(23(21)28(34)37)13-14-29(3,4)5)19(2)32-27(36)24-25(30)33-35-17-10-15-31-26(24)35/h6-12,15-19H,1-5H3,(H2,30,33)(H,32,36)/b7-6-,16-8-. The van der Waals surface area contributed by atoms with Crippen molar-refractivity contribution in [1.29, 1.82) is 0 Å². The molecule has 0 fully saturated rings. The molecule has 3 N–H and O–H groups in total. The minimum Gasteiger partial charge on any atom is -0.381 e. The number of carbonyl (C=O) groups excluding carboxylic acids is 1. The number of rotatable bonds is 5. The predicted octanol–water partition coefficient (Wildman–Crippen LogP) is 4.56. The zero-order valence-electron chi connectivity index (χ0n) is 21.6. The van der Waals surface area contributed by atoms with Crippen molar-refractivity contribution in [3.8, 4) is 11.8 Å². The van der Waals surface area contributed by atoms with Crippen LogP contribution in [0.3, 0.4) is 0 Å². The van der Waals surface area contributed by atoms with Gasteiger partial charge in [-0.15, -0.1) is 5.10 Å². The van der Waals surface area contributed by atoms with Crippen LogP contribution in [0.15, 0.2) is 65.7 Å². The molecule has 0 saturated carbocycles. The molecule has 8 heteroatoms. The maximum atomic E-state index is 13.8. The first-order valence-corrected chi connectivity index (χ1v) is 12.0. The Morgan fingerprint density at radius 2 is 2.00 bits per heavy atom. The lowest BCUT2D eigenvalue weighted by Crippen LogP contribution is -2.31. The number of nitrogens with zero attached hydrogens (tertiary/aromatic N) is 4. The van der Waals surface area contributed by atoms with E-state index in [4.69, 9.17) is 5.73 Å². The van der Waals surface area contributed by atoms with Gasteiger partial charge in [0.25, 0.3) is 11.5 Å². The third kappa shape index (κ3) is 5.31. The Kier molecular flexibility index (Phi) is 6.98. The smallest absolute Gasteiger partial charge is 0.264 e. The Hall–Kier alpha value is -4.64. The van der Waals surface area contributed by atoms with E-state index in [1.54, 1.807) is 35.3 Å². The number of hydrogen-bond acceptors (Lipinski definition) is 5. The Bertz CT molecular complexity index is 1670. The summed E-state index contributed by atoms with van der Waals surface area (Å²) in [5.41, 5.74) is 7.43. The van der Waals surface area contributed by atoms with E-state index in [1.165, 1.54) is 4.52 Å². The van der Waals surface area contributed by atoms with Gasteiger partial charge in [0.1, 0.15) is 5.56 Å². The number of nitrogens with two attached hydrogens (primary N) is 1. The average molecular weight is 495 g/mol. The third-order valence-electron chi connectivity index (χ3n) is 5.66. The van der Waals surface area contributed by atoms with Gasteiger partial charge in [-0.25, -0.2) is 9.50 Å². The summed E-state index contributed by atoms with van der Waals surface area (Å²) in [6.07, 6.45) is 10.4. The molecule has 3 aromatic heterocycles. The molecule has 1 amide bonds. The number of allylic oxidation sites excluding steroid dienone is 3. The van der Waals surface area contributed by atoms with Crippen LogP contribution in [0.4, 0.5) is 5.82 Å². The van der Waals surface area contributed by atoms with Crippen LogP contribution in [0.2, 0.25) is 0 Å². The molecule has 8 nitrogen and oxygen atoms in total. The molecule has 0 bridgehead atoms. The first kappa shape index (κ1) is 25.5. The van der Waals surface area contributed by atoms with E-state index in [2.05, 4.69) is 27.2 Å². The van der Waals surface area contributed by atoms with Gasteiger partial charge in [-0.2, -0.15) is 0 Å². The summed E-state index contributed by atoms with van der Waals surface area (Å²) in [7, 11) is 0. The zero-order valence-corrected chi connectivity index (χ0v) is 21.6. The number of carbonyl (C=O) groups is 1. The lowest BCUT2D eigenvalue weighted by molar-refractivity contribution is 0.0941. The molecular formula is C29H30N6O2. The second-order valence-corrected chi connectivity index (χ2v) is 9.72. The summed E-state index contributed by atoms with van der Waals surface area (Å²) >= 11 is 0. The van der Waals surface area contributed by atoms with Crippen LogP contribution in [0, 0.1) is 17.3 Å². The van der Waals surface area contributed by atoms with E-state index in [0.717, 1.165) is 5.39 Å². The summed E-state index contributed by atoms with van der Waals surface area (Å²) in [5, 5.41) is 8.40. The zero-order chi connectivity index (χ0) is 26.7. The molecule has 4 aromatic rings. The number of pyridine rings is 1. The van der Waals surface area contributed by atoms with Gasteiger partial charge in [-0.05, 0) is 64.3 Å². The van der Waals surface area contributed by atoms with Crippen LogP contribution >= 0.6 is 0 Å². The highest BCUT2D eigenvalue weighted by molar-refractivity contribution is 6.04. The largest absolute Gasteiger partial charge is 0.381 e. The summed E-state index contributed by atoms with van der Waals surface area (Å²) < 4.78 is 3.01. The van der Waals surface area contributed by atoms with Crippen molar-refractivity contribution in [3.05, 3.63) is 88.1 Å². The van der Waals surface area contributed by atoms with Gasteiger partial charge in [0.05, 0.1) is 11.4 Å². The Balaban J connectivity index is 1.83. The molecule has 1 unspecified atom stereocenters. The van der Waals surface area contributed by atoms with Crippen molar-refractivity contribution in [2.45, 2.75) is 40.7 Å². The Morgan fingerprint density at radius 1 is 1.22 bits per heavy atom. The minimum absolute atomic E-state index is 0.0781. The predicted molar refractivity (Wildman–Crippen MR) is 148 cm³/mol. The van der Waals surface area contributed by atoms with Crippen molar-refractivity contribution in [3.63, 3.8) is 0 Å². The topological polar surface area (TPSA) is 107 Å². The van der Waals surface area contributed by atoms with E-state index in [1.807, 2.05) is 71.0 Å². The Morgan fingerprint density at radius 3 is 2.73 bits per heavy atom. The molecule has 4 rings (SSSR count). The highest BCUT2D eigenvalue weighted by Gasteiger charge is 2.23. The van der Waals surface area contributed by atoms with Gasteiger partial charge in [-0.3, -0.25) is 14.2 Å². The molecule has 3 heterocycles. The summed E-state index contributed by atoms with van der Waals surface area (Å²) in [6, 6.07) is 8.68. The van der Waals surface area contributed by atoms with E-state index in [9.17, 15) is 9.59 Å². The second-order valence-electron chi connectivity index (χ2n) is 9.72. The minimum atomic E-state index is -0.540. The van der Waals surface area contributed by atoms with Crippen LogP contribution in [0.1, 0.15) is 62.3 Å². The van der Waals surface area contributed by atoms with Gasteiger partial charge in [0.2, 0.25) is 0 Å². The van der Waals surface area contributed by atoms with Crippen molar-refractivity contribution >= 4 is 34.3 Å². The Labute approximate surface area is 215 Å². The van der Waals surface area contributed by atoms with Crippen LogP contribution in [-0.2, 0) is 0 Å². The summed E-state index contributed by atoms with van der Waals surface area (Å²) in [6.45, 7) is 9.79. The van der Waals surface area contributed by atoms with Crippen LogP contribution in [-0.4, -0.2) is 25.1 Å². The van der Waals surface area contributed by atoms with Crippen LogP contribution in [0.5, 0.6) is 0 Å².